The van der Waals surface area contributed by atoms with E-state index in [1.165, 1.54) is 0 Å². The number of hydrogen-bond donors (Lipinski definition) is 2. The zero-order chi connectivity index (χ0) is 10.7. The van der Waals surface area contributed by atoms with Crippen LogP contribution in [0.4, 0.5) is 0 Å². The third-order valence-electron chi connectivity index (χ3n) is 1.86. The maximum Gasteiger partial charge on any atom is 0.139 e. The van der Waals surface area contributed by atoms with Crippen LogP contribution in [0.15, 0.2) is 12.1 Å². The molecule has 0 aromatic heterocycles. The third kappa shape index (κ3) is 2.28. The van der Waals surface area contributed by atoms with Gasteiger partial charge in [0.1, 0.15) is 10.8 Å². The molecule has 0 aliphatic rings. The highest BCUT2D eigenvalue weighted by Gasteiger charge is 2.14. The lowest BCUT2D eigenvalue weighted by Gasteiger charge is -2.14. The fraction of sp³-hybridized carbons (Fsp3) is 0.333. The molecule has 0 heterocycles. The first-order chi connectivity index (χ1) is 6.61. The number of ether oxygens (including phenoxy) is 1. The SMILES string of the molecule is CNC(S)c1ccc(OC)c(Cl)c1Cl. The summed E-state index contributed by atoms with van der Waals surface area (Å²) < 4.78 is 5.03. The van der Waals surface area contributed by atoms with E-state index in [-0.39, 0.29) is 5.37 Å². The second-order valence-electron chi connectivity index (χ2n) is 2.68. The molecule has 1 rings (SSSR count). The first kappa shape index (κ1) is 12.0. The van der Waals surface area contributed by atoms with Gasteiger partial charge in [-0.1, -0.05) is 29.3 Å². The lowest BCUT2D eigenvalue weighted by atomic mass is 10.2. The predicted molar refractivity (Wildman–Crippen MR) is 63.8 cm³/mol. The molecule has 0 saturated carbocycles. The Bertz CT molecular complexity index is 333. The summed E-state index contributed by atoms with van der Waals surface area (Å²) in [6.45, 7) is 0. The van der Waals surface area contributed by atoms with Crippen molar-refractivity contribution in [1.29, 1.82) is 0 Å². The summed E-state index contributed by atoms with van der Waals surface area (Å²) in [6.07, 6.45) is 0. The topological polar surface area (TPSA) is 21.3 Å². The largest absolute Gasteiger partial charge is 0.495 e. The number of methoxy groups -OCH3 is 1. The summed E-state index contributed by atoms with van der Waals surface area (Å²) in [7, 11) is 3.35. The molecule has 1 atom stereocenters. The molecule has 0 fully saturated rings. The summed E-state index contributed by atoms with van der Waals surface area (Å²) in [5.74, 6) is 0.567. The maximum atomic E-state index is 6.05. The van der Waals surface area contributed by atoms with E-state index < -0.39 is 0 Å². The molecule has 2 nitrogen and oxygen atoms in total. The maximum absolute atomic E-state index is 6.05. The molecule has 0 bridgehead atoms. The van der Waals surface area contributed by atoms with Crippen LogP contribution in [0.5, 0.6) is 5.75 Å². The lowest BCUT2D eigenvalue weighted by molar-refractivity contribution is 0.415. The Kier molecular flexibility index (Phi) is 4.38. The van der Waals surface area contributed by atoms with Crippen molar-refractivity contribution in [2.75, 3.05) is 14.2 Å². The van der Waals surface area contributed by atoms with Crippen LogP contribution in [0.25, 0.3) is 0 Å². The van der Waals surface area contributed by atoms with E-state index in [0.29, 0.717) is 15.8 Å². The van der Waals surface area contributed by atoms with Gasteiger partial charge in [-0.05, 0) is 18.7 Å². The van der Waals surface area contributed by atoms with Gasteiger partial charge in [0.2, 0.25) is 0 Å². The molecule has 0 aliphatic heterocycles. The van der Waals surface area contributed by atoms with E-state index >= 15 is 0 Å². The number of hydrogen-bond acceptors (Lipinski definition) is 3. The van der Waals surface area contributed by atoms with Crippen LogP contribution in [0.2, 0.25) is 10.0 Å². The summed E-state index contributed by atoms with van der Waals surface area (Å²) >= 11 is 16.3. The Morgan fingerprint density at radius 2 is 2.00 bits per heavy atom. The molecule has 5 heteroatoms. The van der Waals surface area contributed by atoms with Crippen molar-refractivity contribution >= 4 is 35.8 Å². The van der Waals surface area contributed by atoms with Crippen molar-refractivity contribution in [3.63, 3.8) is 0 Å². The van der Waals surface area contributed by atoms with Gasteiger partial charge in [0.05, 0.1) is 17.5 Å². The Morgan fingerprint density at radius 3 is 2.50 bits per heavy atom. The van der Waals surface area contributed by atoms with Gasteiger partial charge in [0.15, 0.2) is 0 Å². The van der Waals surface area contributed by atoms with Gasteiger partial charge in [-0.25, -0.2) is 0 Å². The molecule has 0 amide bonds. The molecular weight excluding hydrogens is 241 g/mol. The molecule has 1 N–H and O–H groups in total. The molecule has 0 spiro atoms. The number of thiol groups is 1. The average Bonchev–Trinajstić information content (AvgIpc) is 2.21. The van der Waals surface area contributed by atoms with Crippen LogP contribution in [0.1, 0.15) is 10.9 Å². The first-order valence-corrected chi connectivity index (χ1v) is 5.26. The normalized spacial score (nSPS) is 12.6. The summed E-state index contributed by atoms with van der Waals surface area (Å²) in [4.78, 5) is 0. The third-order valence-corrected chi connectivity index (χ3v) is 3.28. The number of rotatable bonds is 3. The van der Waals surface area contributed by atoms with Gasteiger partial charge >= 0.3 is 0 Å². The summed E-state index contributed by atoms with van der Waals surface area (Å²) in [6, 6.07) is 3.60. The Hall–Kier alpha value is -0.0900. The Labute approximate surface area is 99.0 Å². The van der Waals surface area contributed by atoms with E-state index in [1.54, 1.807) is 20.2 Å². The molecule has 78 valence electrons. The molecule has 14 heavy (non-hydrogen) atoms. The van der Waals surface area contributed by atoms with Crippen molar-refractivity contribution in [3.05, 3.63) is 27.7 Å². The fourth-order valence-electron chi connectivity index (χ4n) is 1.07. The van der Waals surface area contributed by atoms with Gasteiger partial charge in [-0.3, -0.25) is 0 Å². The second-order valence-corrected chi connectivity index (χ2v) is 3.95. The van der Waals surface area contributed by atoms with Crippen molar-refractivity contribution in [2.24, 2.45) is 0 Å². The molecule has 1 aromatic carbocycles. The molecule has 0 aliphatic carbocycles. The van der Waals surface area contributed by atoms with Crippen LogP contribution in [0, 0.1) is 0 Å². The minimum absolute atomic E-state index is 0.133. The van der Waals surface area contributed by atoms with Crippen LogP contribution < -0.4 is 10.1 Å². The van der Waals surface area contributed by atoms with E-state index in [0.717, 1.165) is 5.56 Å². The highest BCUT2D eigenvalue weighted by molar-refractivity contribution is 7.80. The fourth-order valence-corrected chi connectivity index (χ4v) is 1.88. The minimum atomic E-state index is -0.133. The van der Waals surface area contributed by atoms with Crippen LogP contribution in [-0.4, -0.2) is 14.2 Å². The standard InChI is InChI=1S/C9H11Cl2NOS/c1-12-9(14)5-3-4-6(13-2)8(11)7(5)10/h3-4,9,12,14H,1-2H3. The number of nitrogens with one attached hydrogen (secondary N) is 1. The molecule has 0 radical (unpaired) electrons. The minimum Gasteiger partial charge on any atom is -0.495 e. The Balaban J connectivity index is 3.17. The van der Waals surface area contributed by atoms with E-state index in [1.807, 2.05) is 6.07 Å². The zero-order valence-corrected chi connectivity index (χ0v) is 10.2. The van der Waals surface area contributed by atoms with Gasteiger partial charge in [-0.2, -0.15) is 12.6 Å². The highest BCUT2D eigenvalue weighted by atomic mass is 35.5. The van der Waals surface area contributed by atoms with Crippen molar-refractivity contribution in [2.45, 2.75) is 5.37 Å². The number of benzene rings is 1. The molecular formula is C9H11Cl2NOS. The smallest absolute Gasteiger partial charge is 0.139 e. The second kappa shape index (κ2) is 5.12. The van der Waals surface area contributed by atoms with E-state index in [2.05, 4.69) is 17.9 Å². The average molecular weight is 252 g/mol. The van der Waals surface area contributed by atoms with Crippen LogP contribution >= 0.6 is 35.8 Å². The van der Waals surface area contributed by atoms with Gasteiger partial charge in [-0.15, -0.1) is 0 Å². The van der Waals surface area contributed by atoms with Gasteiger partial charge < -0.3 is 10.1 Å². The van der Waals surface area contributed by atoms with Crippen molar-refractivity contribution in [1.82, 2.24) is 5.32 Å². The van der Waals surface area contributed by atoms with Crippen LogP contribution in [-0.2, 0) is 0 Å². The highest BCUT2D eigenvalue weighted by Crippen LogP contribution is 2.37. The lowest BCUT2D eigenvalue weighted by Crippen LogP contribution is -2.10. The van der Waals surface area contributed by atoms with Crippen molar-refractivity contribution < 1.29 is 4.74 Å². The number of halogens is 2. The predicted octanol–water partition coefficient (Wildman–Crippen LogP) is 3.15. The summed E-state index contributed by atoms with van der Waals surface area (Å²) in [5, 5.41) is 3.72. The zero-order valence-electron chi connectivity index (χ0n) is 7.84. The first-order valence-electron chi connectivity index (χ1n) is 3.99. The molecule has 1 aromatic rings. The van der Waals surface area contributed by atoms with Gasteiger partial charge in [0, 0.05) is 0 Å². The monoisotopic (exact) mass is 251 g/mol. The molecule has 1 unspecified atom stereocenters. The summed E-state index contributed by atoms with van der Waals surface area (Å²) in [5.41, 5.74) is 0.836. The van der Waals surface area contributed by atoms with Gasteiger partial charge in [0.25, 0.3) is 0 Å². The van der Waals surface area contributed by atoms with E-state index in [4.69, 9.17) is 27.9 Å². The van der Waals surface area contributed by atoms with Crippen LogP contribution in [0.3, 0.4) is 0 Å². The Morgan fingerprint density at radius 1 is 1.36 bits per heavy atom. The van der Waals surface area contributed by atoms with Crippen molar-refractivity contribution in [3.8, 4) is 5.75 Å². The van der Waals surface area contributed by atoms with E-state index in [9.17, 15) is 0 Å². The quantitative estimate of drug-likeness (QED) is 0.637. The molecule has 0 saturated heterocycles.